The normalized spacial score (nSPS) is 13.0. The van der Waals surface area contributed by atoms with Gasteiger partial charge in [-0.15, -0.1) is 0 Å². The standard InChI is InChI=1S/C31H33N3O4/c1-20(17-35)15-25-23-11-5-7-13-27(23)33-29(25)30-26(24-12-6-8-14-28(24)34-30)16-22(18-36)32-31(37)38-19-21-9-3-2-4-10-21/h2-14,20,22,33-36H,15-19H2,1H3,(H,32,37). The van der Waals surface area contributed by atoms with E-state index in [-0.39, 0.29) is 25.7 Å². The summed E-state index contributed by atoms with van der Waals surface area (Å²) in [6.45, 7) is 2.05. The number of carbonyl (C=O) groups is 1. The second-order valence-electron chi connectivity index (χ2n) is 9.83. The van der Waals surface area contributed by atoms with Gasteiger partial charge in [0.1, 0.15) is 6.61 Å². The van der Waals surface area contributed by atoms with E-state index in [0.29, 0.717) is 12.8 Å². The minimum Gasteiger partial charge on any atom is -0.445 e. The van der Waals surface area contributed by atoms with E-state index in [1.807, 2.05) is 73.7 Å². The maximum absolute atomic E-state index is 12.6. The summed E-state index contributed by atoms with van der Waals surface area (Å²) < 4.78 is 5.40. The number of aromatic nitrogens is 2. The fourth-order valence-electron chi connectivity index (χ4n) is 5.00. The van der Waals surface area contributed by atoms with Gasteiger partial charge in [-0.05, 0) is 47.6 Å². The van der Waals surface area contributed by atoms with Gasteiger partial charge in [-0.1, -0.05) is 73.7 Å². The van der Waals surface area contributed by atoms with Gasteiger partial charge in [0.15, 0.2) is 0 Å². The number of aliphatic hydroxyl groups is 2. The highest BCUT2D eigenvalue weighted by Crippen LogP contribution is 2.37. The van der Waals surface area contributed by atoms with Gasteiger partial charge in [0.25, 0.3) is 0 Å². The zero-order valence-corrected chi connectivity index (χ0v) is 21.4. The maximum atomic E-state index is 12.6. The van der Waals surface area contributed by atoms with Crippen molar-refractivity contribution in [2.45, 2.75) is 32.4 Å². The molecule has 3 aromatic carbocycles. The van der Waals surface area contributed by atoms with Crippen LogP contribution in [0.1, 0.15) is 23.6 Å². The number of ether oxygens (including phenoxy) is 1. The van der Waals surface area contributed by atoms with E-state index in [0.717, 1.165) is 49.9 Å². The number of amides is 1. The predicted molar refractivity (Wildman–Crippen MR) is 150 cm³/mol. The SMILES string of the molecule is CC(CO)Cc1c(-c2[nH]c3ccccc3c2CC(CO)NC(=O)OCc2ccccc2)[nH]c2ccccc12. The number of para-hydroxylation sites is 2. The van der Waals surface area contributed by atoms with Crippen molar-refractivity contribution in [2.75, 3.05) is 13.2 Å². The van der Waals surface area contributed by atoms with Crippen molar-refractivity contribution in [3.8, 4) is 11.4 Å². The first kappa shape index (κ1) is 25.6. The first-order valence-corrected chi connectivity index (χ1v) is 13.0. The van der Waals surface area contributed by atoms with Crippen LogP contribution in [0.3, 0.4) is 0 Å². The maximum Gasteiger partial charge on any atom is 0.407 e. The van der Waals surface area contributed by atoms with Crippen molar-refractivity contribution < 1.29 is 19.7 Å². The van der Waals surface area contributed by atoms with Gasteiger partial charge in [0.05, 0.1) is 24.0 Å². The fraction of sp³-hybridized carbons (Fsp3) is 0.258. The van der Waals surface area contributed by atoms with E-state index >= 15 is 0 Å². The number of fused-ring (bicyclic) bond motifs is 2. The molecule has 7 nitrogen and oxygen atoms in total. The first-order chi connectivity index (χ1) is 18.6. The summed E-state index contributed by atoms with van der Waals surface area (Å²) in [6, 6.07) is 25.1. The molecule has 0 spiro atoms. The lowest BCUT2D eigenvalue weighted by molar-refractivity contribution is 0.129. The van der Waals surface area contributed by atoms with E-state index in [2.05, 4.69) is 27.4 Å². The molecule has 0 aliphatic rings. The zero-order chi connectivity index (χ0) is 26.5. The number of benzene rings is 3. The Morgan fingerprint density at radius 3 is 1.92 bits per heavy atom. The summed E-state index contributed by atoms with van der Waals surface area (Å²) in [7, 11) is 0. The van der Waals surface area contributed by atoms with Crippen molar-refractivity contribution in [1.29, 1.82) is 0 Å². The van der Waals surface area contributed by atoms with E-state index in [1.54, 1.807) is 0 Å². The average molecular weight is 512 g/mol. The Bertz CT molecular complexity index is 1520. The zero-order valence-electron chi connectivity index (χ0n) is 21.4. The Morgan fingerprint density at radius 2 is 1.34 bits per heavy atom. The summed E-state index contributed by atoms with van der Waals surface area (Å²) in [5, 5.41) is 25.0. The second-order valence-corrected chi connectivity index (χ2v) is 9.83. The Kier molecular flexibility index (Phi) is 7.77. The van der Waals surface area contributed by atoms with E-state index in [4.69, 9.17) is 4.74 Å². The third kappa shape index (κ3) is 5.44. The molecule has 0 aliphatic carbocycles. The van der Waals surface area contributed by atoms with Crippen LogP contribution in [-0.2, 0) is 24.2 Å². The lowest BCUT2D eigenvalue weighted by Crippen LogP contribution is -2.39. The molecule has 2 atom stereocenters. The molecule has 5 rings (SSSR count). The average Bonchev–Trinajstić information content (AvgIpc) is 3.50. The summed E-state index contributed by atoms with van der Waals surface area (Å²) in [4.78, 5) is 19.8. The molecule has 2 unspecified atom stereocenters. The molecule has 1 amide bonds. The topological polar surface area (TPSA) is 110 Å². The monoisotopic (exact) mass is 511 g/mol. The van der Waals surface area contributed by atoms with Crippen LogP contribution >= 0.6 is 0 Å². The number of H-pyrrole nitrogens is 2. The van der Waals surface area contributed by atoms with Crippen LogP contribution in [-0.4, -0.2) is 45.5 Å². The lowest BCUT2D eigenvalue weighted by Gasteiger charge is -2.17. The van der Waals surface area contributed by atoms with Gasteiger partial charge in [0.2, 0.25) is 0 Å². The Labute approximate surface area is 221 Å². The smallest absolute Gasteiger partial charge is 0.407 e. The predicted octanol–water partition coefficient (Wildman–Crippen LogP) is 5.32. The van der Waals surface area contributed by atoms with Crippen LogP contribution in [0.15, 0.2) is 78.9 Å². The third-order valence-corrected chi connectivity index (χ3v) is 6.95. The quantitative estimate of drug-likeness (QED) is 0.175. The number of carbonyl (C=O) groups excluding carboxylic acids is 1. The number of nitrogens with one attached hydrogen (secondary N) is 3. The fourth-order valence-corrected chi connectivity index (χ4v) is 5.00. The van der Waals surface area contributed by atoms with E-state index in [9.17, 15) is 15.0 Å². The van der Waals surface area contributed by atoms with Crippen LogP contribution in [0.4, 0.5) is 4.79 Å². The third-order valence-electron chi connectivity index (χ3n) is 6.95. The molecule has 38 heavy (non-hydrogen) atoms. The molecular formula is C31H33N3O4. The molecule has 0 bridgehead atoms. The molecule has 7 heteroatoms. The van der Waals surface area contributed by atoms with E-state index in [1.165, 1.54) is 0 Å². The Hall–Kier alpha value is -4.07. The molecule has 0 saturated heterocycles. The molecule has 0 saturated carbocycles. The number of hydrogen-bond donors (Lipinski definition) is 5. The molecule has 2 heterocycles. The lowest BCUT2D eigenvalue weighted by atomic mass is 9.95. The molecular weight excluding hydrogens is 478 g/mol. The van der Waals surface area contributed by atoms with Gasteiger partial charge in [0, 0.05) is 28.4 Å². The van der Waals surface area contributed by atoms with Gasteiger partial charge >= 0.3 is 6.09 Å². The molecule has 196 valence electrons. The molecule has 5 aromatic rings. The highest BCUT2D eigenvalue weighted by Gasteiger charge is 2.23. The summed E-state index contributed by atoms with van der Waals surface area (Å²) in [6.07, 6.45) is 0.538. The molecule has 5 N–H and O–H groups in total. The number of aromatic amines is 2. The Morgan fingerprint density at radius 1 is 0.789 bits per heavy atom. The Balaban J connectivity index is 1.48. The van der Waals surface area contributed by atoms with Gasteiger partial charge in [-0.25, -0.2) is 4.79 Å². The molecule has 0 aliphatic heterocycles. The highest BCUT2D eigenvalue weighted by molar-refractivity contribution is 5.96. The van der Waals surface area contributed by atoms with Crippen LogP contribution in [0, 0.1) is 5.92 Å². The first-order valence-electron chi connectivity index (χ1n) is 13.0. The van der Waals surface area contributed by atoms with Crippen LogP contribution in [0.25, 0.3) is 33.2 Å². The van der Waals surface area contributed by atoms with Crippen LogP contribution < -0.4 is 5.32 Å². The van der Waals surface area contributed by atoms with Gasteiger partial charge in [-0.2, -0.15) is 0 Å². The number of hydrogen-bond acceptors (Lipinski definition) is 4. The summed E-state index contributed by atoms with van der Waals surface area (Å²) in [5.74, 6) is 0.0898. The number of aliphatic hydroxyl groups excluding tert-OH is 2. The van der Waals surface area contributed by atoms with Crippen LogP contribution in [0.5, 0.6) is 0 Å². The van der Waals surface area contributed by atoms with Crippen molar-refractivity contribution in [3.63, 3.8) is 0 Å². The highest BCUT2D eigenvalue weighted by atomic mass is 16.5. The van der Waals surface area contributed by atoms with Crippen molar-refractivity contribution in [2.24, 2.45) is 5.92 Å². The van der Waals surface area contributed by atoms with Crippen molar-refractivity contribution in [1.82, 2.24) is 15.3 Å². The van der Waals surface area contributed by atoms with E-state index < -0.39 is 12.1 Å². The summed E-state index contributed by atoms with van der Waals surface area (Å²) >= 11 is 0. The van der Waals surface area contributed by atoms with Gasteiger partial charge in [-0.3, -0.25) is 0 Å². The number of alkyl carbamates (subject to hydrolysis) is 1. The summed E-state index contributed by atoms with van der Waals surface area (Å²) in [5.41, 5.74) is 6.89. The second kappa shape index (κ2) is 11.5. The molecule has 2 aromatic heterocycles. The van der Waals surface area contributed by atoms with Crippen LogP contribution in [0.2, 0.25) is 0 Å². The largest absolute Gasteiger partial charge is 0.445 e. The molecule has 0 radical (unpaired) electrons. The van der Waals surface area contributed by atoms with Gasteiger partial charge < -0.3 is 30.2 Å². The molecule has 0 fully saturated rings. The minimum absolute atomic E-state index is 0.0898. The van der Waals surface area contributed by atoms with Crippen molar-refractivity contribution >= 4 is 27.9 Å². The van der Waals surface area contributed by atoms with Crippen molar-refractivity contribution in [3.05, 3.63) is 95.6 Å². The minimum atomic E-state index is -0.572. The number of rotatable bonds is 10.